The van der Waals surface area contributed by atoms with Crippen LogP contribution in [0.15, 0.2) is 43.2 Å². The quantitative estimate of drug-likeness (QED) is 0.447. The summed E-state index contributed by atoms with van der Waals surface area (Å²) in [6.07, 6.45) is 10.2. The number of rotatable bonds is 4. The largest absolute Gasteiger partial charge is 0.369 e. The van der Waals surface area contributed by atoms with Crippen molar-refractivity contribution in [3.8, 4) is 28.5 Å². The van der Waals surface area contributed by atoms with E-state index >= 15 is 0 Å². The van der Waals surface area contributed by atoms with Crippen LogP contribution in [-0.4, -0.2) is 47.6 Å². The number of nitrogens with zero attached hydrogens (tertiary/aromatic N) is 9. The Morgan fingerprint density at radius 3 is 2.48 bits per heavy atom. The molecular weight excluding hydrogens is 421 g/mol. The fourth-order valence-corrected chi connectivity index (χ4v) is 4.45. The second-order valence-electron chi connectivity index (χ2n) is 8.19. The predicted octanol–water partition coefficient (Wildman–Crippen LogP) is 3.07. The standard InChI is InChI=1S/C23H22FN9/c1-31-14-28-30-23(31)15-5-7-33(8-6-15)22-18(9-25)19(17-11-29-32(2)13-17)12-27-21(22)16-3-4-20(24)26-10-16/h3-4,10-15H,5-8H2,1-2H3. The third-order valence-corrected chi connectivity index (χ3v) is 6.10. The molecule has 0 aliphatic carbocycles. The van der Waals surface area contributed by atoms with Crippen molar-refractivity contribution in [3.63, 3.8) is 0 Å². The topological polar surface area (TPSA) is 101 Å². The van der Waals surface area contributed by atoms with Crippen molar-refractivity contribution in [2.24, 2.45) is 14.1 Å². The normalized spacial score (nSPS) is 14.4. The van der Waals surface area contributed by atoms with Gasteiger partial charge in [-0.15, -0.1) is 10.2 Å². The van der Waals surface area contributed by atoms with E-state index in [4.69, 9.17) is 4.98 Å². The molecular formula is C23H22FN9. The molecule has 0 radical (unpaired) electrons. The van der Waals surface area contributed by atoms with Gasteiger partial charge in [0.1, 0.15) is 18.2 Å². The lowest BCUT2D eigenvalue weighted by molar-refractivity contribution is 0.474. The average molecular weight is 443 g/mol. The molecule has 5 heterocycles. The summed E-state index contributed by atoms with van der Waals surface area (Å²) in [5, 5.41) is 22.8. The molecule has 166 valence electrons. The Labute approximate surface area is 190 Å². The van der Waals surface area contributed by atoms with Crippen molar-refractivity contribution < 1.29 is 4.39 Å². The minimum absolute atomic E-state index is 0.296. The number of aryl methyl sites for hydroxylation is 2. The number of hydrogen-bond donors (Lipinski definition) is 0. The van der Waals surface area contributed by atoms with Gasteiger partial charge in [-0.3, -0.25) is 9.67 Å². The number of piperidine rings is 1. The zero-order chi connectivity index (χ0) is 22.9. The second-order valence-corrected chi connectivity index (χ2v) is 8.19. The van der Waals surface area contributed by atoms with Crippen LogP contribution in [0.1, 0.15) is 30.1 Å². The Kier molecular flexibility index (Phi) is 5.30. The minimum atomic E-state index is -0.558. The number of anilines is 1. The van der Waals surface area contributed by atoms with E-state index in [-0.39, 0.29) is 0 Å². The predicted molar refractivity (Wildman–Crippen MR) is 120 cm³/mol. The third kappa shape index (κ3) is 3.82. The molecule has 5 rings (SSSR count). The smallest absolute Gasteiger partial charge is 0.212 e. The van der Waals surface area contributed by atoms with Gasteiger partial charge in [0.2, 0.25) is 5.95 Å². The first kappa shape index (κ1) is 20.8. The van der Waals surface area contributed by atoms with Gasteiger partial charge >= 0.3 is 0 Å². The highest BCUT2D eigenvalue weighted by molar-refractivity contribution is 5.86. The van der Waals surface area contributed by atoms with E-state index in [1.54, 1.807) is 29.5 Å². The lowest BCUT2D eigenvalue weighted by atomic mass is 9.93. The Balaban J connectivity index is 1.58. The summed E-state index contributed by atoms with van der Waals surface area (Å²) in [5.74, 6) is 0.710. The van der Waals surface area contributed by atoms with Crippen molar-refractivity contribution in [2.75, 3.05) is 18.0 Å². The minimum Gasteiger partial charge on any atom is -0.369 e. The Hall–Kier alpha value is -4.13. The molecule has 1 fully saturated rings. The van der Waals surface area contributed by atoms with Crippen LogP contribution in [0.4, 0.5) is 10.1 Å². The maximum atomic E-state index is 13.5. The van der Waals surface area contributed by atoms with Crippen LogP contribution in [0.5, 0.6) is 0 Å². The molecule has 1 saturated heterocycles. The summed E-state index contributed by atoms with van der Waals surface area (Å²) >= 11 is 0. The molecule has 0 unspecified atom stereocenters. The van der Waals surface area contributed by atoms with Crippen LogP contribution in [0, 0.1) is 17.3 Å². The summed E-state index contributed by atoms with van der Waals surface area (Å²) in [6, 6.07) is 5.35. The molecule has 4 aromatic heterocycles. The van der Waals surface area contributed by atoms with E-state index in [1.807, 2.05) is 24.9 Å². The zero-order valence-corrected chi connectivity index (χ0v) is 18.4. The average Bonchev–Trinajstić information content (AvgIpc) is 3.47. The number of nitriles is 1. The molecule has 1 aliphatic heterocycles. The molecule has 0 saturated carbocycles. The van der Waals surface area contributed by atoms with Crippen molar-refractivity contribution in [3.05, 3.63) is 60.6 Å². The Bertz CT molecular complexity index is 1320. The molecule has 10 heteroatoms. The van der Waals surface area contributed by atoms with Gasteiger partial charge in [-0.2, -0.15) is 14.8 Å². The number of pyridine rings is 2. The highest BCUT2D eigenvalue weighted by Gasteiger charge is 2.29. The molecule has 0 aromatic carbocycles. The lowest BCUT2D eigenvalue weighted by Crippen LogP contribution is -2.34. The molecule has 33 heavy (non-hydrogen) atoms. The van der Waals surface area contributed by atoms with Crippen LogP contribution in [-0.2, 0) is 14.1 Å². The molecule has 0 N–H and O–H groups in total. The van der Waals surface area contributed by atoms with Gasteiger partial charge in [-0.25, -0.2) is 4.98 Å². The van der Waals surface area contributed by atoms with Crippen LogP contribution in [0.2, 0.25) is 0 Å². The summed E-state index contributed by atoms with van der Waals surface area (Å²) < 4.78 is 17.1. The van der Waals surface area contributed by atoms with Crippen molar-refractivity contribution in [1.82, 2.24) is 34.5 Å². The SMILES string of the molecule is Cn1cc(-c2cnc(-c3ccc(F)nc3)c(N3CCC(c4nncn4C)CC3)c2C#N)cn1. The van der Waals surface area contributed by atoms with E-state index in [9.17, 15) is 9.65 Å². The van der Waals surface area contributed by atoms with Crippen LogP contribution >= 0.6 is 0 Å². The van der Waals surface area contributed by atoms with Gasteiger partial charge in [0.05, 0.1) is 23.1 Å². The van der Waals surface area contributed by atoms with Gasteiger partial charge in [0.15, 0.2) is 0 Å². The lowest BCUT2D eigenvalue weighted by Gasteiger charge is -2.35. The maximum Gasteiger partial charge on any atom is 0.212 e. The molecule has 0 spiro atoms. The third-order valence-electron chi connectivity index (χ3n) is 6.10. The summed E-state index contributed by atoms with van der Waals surface area (Å²) in [7, 11) is 3.79. The Morgan fingerprint density at radius 1 is 1.06 bits per heavy atom. The molecule has 0 bridgehead atoms. The van der Waals surface area contributed by atoms with E-state index in [1.165, 1.54) is 12.3 Å². The van der Waals surface area contributed by atoms with Gasteiger partial charge in [0.25, 0.3) is 0 Å². The van der Waals surface area contributed by atoms with Gasteiger partial charge in [0, 0.05) is 68.4 Å². The van der Waals surface area contributed by atoms with E-state index in [2.05, 4.69) is 31.2 Å². The maximum absolute atomic E-state index is 13.5. The molecule has 9 nitrogen and oxygen atoms in total. The Morgan fingerprint density at radius 2 is 1.88 bits per heavy atom. The van der Waals surface area contributed by atoms with Crippen molar-refractivity contribution in [2.45, 2.75) is 18.8 Å². The number of hydrogen-bond acceptors (Lipinski definition) is 7. The highest BCUT2D eigenvalue weighted by atomic mass is 19.1. The van der Waals surface area contributed by atoms with Gasteiger partial charge < -0.3 is 9.47 Å². The van der Waals surface area contributed by atoms with Gasteiger partial charge in [-0.05, 0) is 25.0 Å². The zero-order valence-electron chi connectivity index (χ0n) is 18.4. The van der Waals surface area contributed by atoms with Crippen molar-refractivity contribution >= 4 is 5.69 Å². The van der Waals surface area contributed by atoms with Gasteiger partial charge in [-0.1, -0.05) is 0 Å². The van der Waals surface area contributed by atoms with Crippen LogP contribution in [0.25, 0.3) is 22.4 Å². The summed E-state index contributed by atoms with van der Waals surface area (Å²) in [5.41, 5.74) is 4.08. The fourth-order valence-electron chi connectivity index (χ4n) is 4.45. The first-order chi connectivity index (χ1) is 16.0. The van der Waals surface area contributed by atoms with Crippen LogP contribution in [0.3, 0.4) is 0 Å². The summed E-state index contributed by atoms with van der Waals surface area (Å²) in [6.45, 7) is 1.46. The monoisotopic (exact) mass is 443 g/mol. The van der Waals surface area contributed by atoms with E-state index in [0.717, 1.165) is 48.6 Å². The second kappa shape index (κ2) is 8.43. The van der Waals surface area contributed by atoms with Crippen molar-refractivity contribution in [1.29, 1.82) is 5.26 Å². The first-order valence-corrected chi connectivity index (χ1v) is 10.7. The molecule has 0 amide bonds. The van der Waals surface area contributed by atoms with E-state index < -0.39 is 5.95 Å². The molecule has 0 atom stereocenters. The highest BCUT2D eigenvalue weighted by Crippen LogP contribution is 2.40. The fraction of sp³-hybridized carbons (Fsp3) is 0.304. The van der Waals surface area contributed by atoms with E-state index in [0.29, 0.717) is 22.7 Å². The summed E-state index contributed by atoms with van der Waals surface area (Å²) in [4.78, 5) is 10.7. The van der Waals surface area contributed by atoms with Crippen LogP contribution < -0.4 is 4.90 Å². The first-order valence-electron chi connectivity index (χ1n) is 10.7. The molecule has 4 aromatic rings. The number of aromatic nitrogens is 7. The molecule has 1 aliphatic rings. The number of halogens is 1.